The molecule has 21 heavy (non-hydrogen) atoms. The molecule has 2 N–H and O–H groups in total. The van der Waals surface area contributed by atoms with E-state index < -0.39 is 0 Å². The first-order valence-corrected chi connectivity index (χ1v) is 7.36. The Balaban J connectivity index is 1.99. The van der Waals surface area contributed by atoms with Gasteiger partial charge in [0.2, 0.25) is 11.7 Å². The molecule has 1 heterocycles. The topological polar surface area (TPSA) is 74.2 Å². The molecule has 2 atom stereocenters. The number of ether oxygens (including phenoxy) is 1. The molecule has 0 saturated heterocycles. The number of aromatic nitrogens is 2. The van der Waals surface area contributed by atoms with Gasteiger partial charge < -0.3 is 15.0 Å². The van der Waals surface area contributed by atoms with Crippen molar-refractivity contribution in [1.29, 1.82) is 0 Å². The lowest BCUT2D eigenvalue weighted by Gasteiger charge is -2.23. The fourth-order valence-electron chi connectivity index (χ4n) is 2.87. The zero-order valence-electron chi connectivity index (χ0n) is 12.1. The van der Waals surface area contributed by atoms with Crippen molar-refractivity contribution in [2.24, 2.45) is 5.73 Å². The molecule has 1 saturated carbocycles. The lowest BCUT2D eigenvalue weighted by Crippen LogP contribution is -2.38. The normalized spacial score (nSPS) is 25.2. The summed E-state index contributed by atoms with van der Waals surface area (Å²) >= 11 is 5.97. The molecular weight excluding hydrogens is 290 g/mol. The lowest BCUT2D eigenvalue weighted by atomic mass is 9.85. The van der Waals surface area contributed by atoms with Gasteiger partial charge in [0.15, 0.2) is 0 Å². The summed E-state index contributed by atoms with van der Waals surface area (Å²) < 4.78 is 10.8. The number of hydrogen-bond donors (Lipinski definition) is 1. The van der Waals surface area contributed by atoms with Gasteiger partial charge in [-0.15, -0.1) is 0 Å². The smallest absolute Gasteiger partial charge is 0.234 e. The molecular formula is C15H18ClN3O2. The molecule has 6 heteroatoms. The number of nitrogens with zero attached hydrogens (tertiary/aromatic N) is 2. The van der Waals surface area contributed by atoms with Crippen LogP contribution in [0.1, 0.15) is 32.1 Å². The second-order valence-electron chi connectivity index (χ2n) is 5.68. The Labute approximate surface area is 128 Å². The van der Waals surface area contributed by atoms with E-state index in [0.717, 1.165) is 24.8 Å². The highest BCUT2D eigenvalue weighted by molar-refractivity contribution is 6.30. The predicted octanol–water partition coefficient (Wildman–Crippen LogP) is 3.17. The van der Waals surface area contributed by atoms with Gasteiger partial charge in [0.05, 0.1) is 18.1 Å². The van der Waals surface area contributed by atoms with Gasteiger partial charge in [-0.2, -0.15) is 4.98 Å². The van der Waals surface area contributed by atoms with E-state index in [1.807, 2.05) is 6.07 Å². The Morgan fingerprint density at radius 1 is 1.48 bits per heavy atom. The third-order valence-electron chi connectivity index (χ3n) is 4.35. The number of rotatable bonds is 3. The van der Waals surface area contributed by atoms with Crippen molar-refractivity contribution in [3.8, 4) is 17.1 Å². The van der Waals surface area contributed by atoms with Crippen LogP contribution in [0.15, 0.2) is 22.7 Å². The Hall–Kier alpha value is -1.59. The maximum Gasteiger partial charge on any atom is 0.234 e. The van der Waals surface area contributed by atoms with Crippen LogP contribution in [0.4, 0.5) is 0 Å². The molecule has 1 aromatic carbocycles. The molecule has 1 aliphatic rings. The maximum absolute atomic E-state index is 6.20. The minimum atomic E-state index is -0.245. The molecule has 0 spiro atoms. The average molecular weight is 308 g/mol. The molecule has 0 amide bonds. The lowest BCUT2D eigenvalue weighted by molar-refractivity contribution is 0.278. The highest BCUT2D eigenvalue weighted by Gasteiger charge is 2.42. The molecule has 1 fully saturated rings. The third kappa shape index (κ3) is 2.40. The summed E-state index contributed by atoms with van der Waals surface area (Å²) in [7, 11) is 1.59. The van der Waals surface area contributed by atoms with Gasteiger partial charge in [-0.1, -0.05) is 23.2 Å². The van der Waals surface area contributed by atoms with Crippen molar-refractivity contribution in [2.45, 2.75) is 37.6 Å². The summed E-state index contributed by atoms with van der Waals surface area (Å²) in [5.74, 6) is 1.72. The van der Waals surface area contributed by atoms with Crippen molar-refractivity contribution in [1.82, 2.24) is 10.1 Å². The molecule has 2 unspecified atom stereocenters. The van der Waals surface area contributed by atoms with Gasteiger partial charge in [-0.05, 0) is 38.0 Å². The van der Waals surface area contributed by atoms with Crippen LogP contribution in [0, 0.1) is 0 Å². The predicted molar refractivity (Wildman–Crippen MR) is 80.5 cm³/mol. The van der Waals surface area contributed by atoms with E-state index in [1.54, 1.807) is 19.2 Å². The van der Waals surface area contributed by atoms with Crippen LogP contribution in [0.3, 0.4) is 0 Å². The number of hydrogen-bond acceptors (Lipinski definition) is 5. The Bertz CT molecular complexity index is 658. The van der Waals surface area contributed by atoms with Crippen LogP contribution in [0.25, 0.3) is 11.4 Å². The molecule has 3 rings (SSSR count). The minimum Gasteiger partial charge on any atom is -0.496 e. The molecule has 0 radical (unpaired) electrons. The van der Waals surface area contributed by atoms with E-state index >= 15 is 0 Å². The van der Waals surface area contributed by atoms with Crippen LogP contribution in [0.5, 0.6) is 5.75 Å². The molecule has 0 bridgehead atoms. The van der Waals surface area contributed by atoms with E-state index in [2.05, 4.69) is 17.1 Å². The molecule has 1 aromatic heterocycles. The monoisotopic (exact) mass is 307 g/mol. The van der Waals surface area contributed by atoms with Gasteiger partial charge in [-0.3, -0.25) is 0 Å². The van der Waals surface area contributed by atoms with E-state index in [0.29, 0.717) is 22.5 Å². The zero-order valence-corrected chi connectivity index (χ0v) is 12.9. The van der Waals surface area contributed by atoms with Gasteiger partial charge in [0, 0.05) is 11.1 Å². The summed E-state index contributed by atoms with van der Waals surface area (Å²) in [4.78, 5) is 4.54. The van der Waals surface area contributed by atoms with Gasteiger partial charge in [0.25, 0.3) is 0 Å². The van der Waals surface area contributed by atoms with Crippen LogP contribution < -0.4 is 10.5 Å². The fourth-order valence-corrected chi connectivity index (χ4v) is 3.04. The van der Waals surface area contributed by atoms with E-state index in [9.17, 15) is 0 Å². The zero-order chi connectivity index (χ0) is 15.0. The molecule has 1 aliphatic carbocycles. The van der Waals surface area contributed by atoms with Crippen LogP contribution >= 0.6 is 11.6 Å². The third-order valence-corrected chi connectivity index (χ3v) is 4.58. The molecule has 0 aliphatic heterocycles. The van der Waals surface area contributed by atoms with Crippen molar-refractivity contribution < 1.29 is 9.26 Å². The Morgan fingerprint density at radius 2 is 2.29 bits per heavy atom. The van der Waals surface area contributed by atoms with Crippen LogP contribution in [-0.2, 0) is 5.41 Å². The van der Waals surface area contributed by atoms with E-state index in [-0.39, 0.29) is 11.5 Å². The van der Waals surface area contributed by atoms with Gasteiger partial charge >= 0.3 is 0 Å². The first-order chi connectivity index (χ1) is 10.0. The largest absolute Gasteiger partial charge is 0.496 e. The number of methoxy groups -OCH3 is 1. The quantitative estimate of drug-likeness (QED) is 0.942. The van der Waals surface area contributed by atoms with Crippen LogP contribution in [-0.4, -0.2) is 23.3 Å². The first-order valence-electron chi connectivity index (χ1n) is 6.98. The Kier molecular flexibility index (Phi) is 3.63. The second kappa shape index (κ2) is 5.31. The average Bonchev–Trinajstić information content (AvgIpc) is 3.08. The van der Waals surface area contributed by atoms with Crippen LogP contribution in [0.2, 0.25) is 5.02 Å². The minimum absolute atomic E-state index is 0.0536. The molecule has 2 aromatic rings. The Morgan fingerprint density at radius 3 is 2.95 bits per heavy atom. The standard InChI is InChI=1S/C15H18ClN3O2/c1-15(7-3-4-12(15)17)14-18-13(19-21-14)10-6-5-9(16)8-11(10)20-2/h5-6,8,12H,3-4,7,17H2,1-2H3. The molecule has 5 nitrogen and oxygen atoms in total. The summed E-state index contributed by atoms with van der Waals surface area (Å²) in [5, 5.41) is 4.69. The van der Waals surface area contributed by atoms with Crippen molar-refractivity contribution >= 4 is 11.6 Å². The summed E-state index contributed by atoms with van der Waals surface area (Å²) in [6, 6.07) is 5.39. The highest BCUT2D eigenvalue weighted by atomic mass is 35.5. The van der Waals surface area contributed by atoms with Crippen molar-refractivity contribution in [2.75, 3.05) is 7.11 Å². The number of benzene rings is 1. The van der Waals surface area contributed by atoms with Gasteiger partial charge in [0.1, 0.15) is 5.75 Å². The second-order valence-corrected chi connectivity index (χ2v) is 6.12. The highest BCUT2D eigenvalue weighted by Crippen LogP contribution is 2.40. The maximum atomic E-state index is 6.20. The number of nitrogens with two attached hydrogens (primary N) is 1. The van der Waals surface area contributed by atoms with E-state index in [1.165, 1.54) is 0 Å². The first kappa shape index (κ1) is 14.4. The number of halogens is 1. The molecule has 112 valence electrons. The van der Waals surface area contributed by atoms with Crippen molar-refractivity contribution in [3.05, 3.63) is 29.1 Å². The summed E-state index contributed by atoms with van der Waals surface area (Å²) in [5.41, 5.74) is 6.71. The SMILES string of the molecule is COc1cc(Cl)ccc1-c1noc(C2(C)CCCC2N)n1. The van der Waals surface area contributed by atoms with E-state index in [4.69, 9.17) is 26.6 Å². The van der Waals surface area contributed by atoms with Crippen molar-refractivity contribution in [3.63, 3.8) is 0 Å². The summed E-state index contributed by atoms with van der Waals surface area (Å²) in [6.45, 7) is 2.08. The fraction of sp³-hybridized carbons (Fsp3) is 0.467. The van der Waals surface area contributed by atoms with Gasteiger partial charge in [-0.25, -0.2) is 0 Å². The summed E-state index contributed by atoms with van der Waals surface area (Å²) in [6.07, 6.45) is 3.03.